The molecule has 0 unspecified atom stereocenters. The molecule has 2 aliphatic rings. The SMILES string of the molecule is CC[C@@]1(O)C(=O)OCc2c1cc1n(c2=O)Cc2cc3c(CCCCOCNC(=O)[C@H](C)NC(=O)[C@@H](N)C(C)C)c(C)c(F)cc3nc2-1. The Bertz CT molecular complexity index is 1810. The third-order valence-corrected chi connectivity index (χ3v) is 9.23. The average molecular weight is 652 g/mol. The molecule has 47 heavy (non-hydrogen) atoms. The molecule has 0 radical (unpaired) electrons. The van der Waals surface area contributed by atoms with E-state index in [1.165, 1.54) is 6.07 Å². The Morgan fingerprint density at radius 3 is 2.64 bits per heavy atom. The largest absolute Gasteiger partial charge is 0.458 e. The summed E-state index contributed by atoms with van der Waals surface area (Å²) in [6.45, 7) is 8.98. The maximum Gasteiger partial charge on any atom is 0.343 e. The first-order valence-corrected chi connectivity index (χ1v) is 16.0. The van der Waals surface area contributed by atoms with Crippen LogP contribution in [0.4, 0.5) is 4.39 Å². The Balaban J connectivity index is 1.24. The van der Waals surface area contributed by atoms with Crippen molar-refractivity contribution in [1.29, 1.82) is 0 Å². The molecule has 0 aliphatic carbocycles. The number of aliphatic hydroxyl groups is 1. The van der Waals surface area contributed by atoms with Gasteiger partial charge in [0.15, 0.2) is 5.60 Å². The van der Waals surface area contributed by atoms with Crippen molar-refractivity contribution in [2.75, 3.05) is 13.3 Å². The second-order valence-corrected chi connectivity index (χ2v) is 12.7. The maximum absolute atomic E-state index is 15.1. The lowest BCUT2D eigenvalue weighted by atomic mass is 9.86. The summed E-state index contributed by atoms with van der Waals surface area (Å²) in [6, 6.07) is 3.51. The van der Waals surface area contributed by atoms with Crippen molar-refractivity contribution in [2.45, 2.75) is 91.1 Å². The normalized spacial score (nSPS) is 17.9. The number of aromatic nitrogens is 2. The number of carbonyl (C=O) groups is 3. The highest BCUT2D eigenvalue weighted by atomic mass is 19.1. The van der Waals surface area contributed by atoms with Crippen LogP contribution in [0.15, 0.2) is 23.0 Å². The molecule has 0 bridgehead atoms. The first-order chi connectivity index (χ1) is 22.3. The summed E-state index contributed by atoms with van der Waals surface area (Å²) >= 11 is 0. The standard InChI is InChI=1S/C34H42FN5O7/c1-6-34(45)24-12-27-29-20(14-40(27)32(43)23(24)15-47-33(34)44)11-22-21(18(4)25(35)13-26(22)39-29)9-7-8-10-46-16-37-30(41)19(5)38-31(42)28(36)17(2)3/h11-13,17,19,28,45H,6-10,14-16,36H2,1-5H3,(H,37,41)(H,38,42)/t19-,28-,34-/m0/s1. The van der Waals surface area contributed by atoms with Gasteiger partial charge in [-0.3, -0.25) is 14.4 Å². The molecule has 2 amide bonds. The minimum atomic E-state index is -1.93. The summed E-state index contributed by atoms with van der Waals surface area (Å²) in [5.74, 6) is -2.01. The molecule has 2 aliphatic heterocycles. The number of nitrogens with zero attached hydrogens (tertiary/aromatic N) is 2. The molecule has 4 heterocycles. The van der Waals surface area contributed by atoms with Gasteiger partial charge in [0.05, 0.1) is 35.1 Å². The molecule has 0 saturated carbocycles. The van der Waals surface area contributed by atoms with E-state index in [1.807, 2.05) is 19.9 Å². The number of hydrogen-bond acceptors (Lipinski definition) is 9. The van der Waals surface area contributed by atoms with Crippen molar-refractivity contribution in [1.82, 2.24) is 20.2 Å². The maximum atomic E-state index is 15.1. The summed E-state index contributed by atoms with van der Waals surface area (Å²) in [5, 5.41) is 17.1. The third-order valence-electron chi connectivity index (χ3n) is 9.23. The van der Waals surface area contributed by atoms with E-state index >= 15 is 4.39 Å². The molecule has 0 saturated heterocycles. The summed E-state index contributed by atoms with van der Waals surface area (Å²) in [7, 11) is 0. The number of esters is 1. The lowest BCUT2D eigenvalue weighted by molar-refractivity contribution is -0.172. The fraction of sp³-hybridized carbons (Fsp3) is 0.500. The van der Waals surface area contributed by atoms with Crippen molar-refractivity contribution in [2.24, 2.45) is 11.7 Å². The molecule has 5 rings (SSSR count). The fourth-order valence-electron chi connectivity index (χ4n) is 6.11. The molecular weight excluding hydrogens is 609 g/mol. The van der Waals surface area contributed by atoms with Crippen LogP contribution in [0.1, 0.15) is 74.8 Å². The Morgan fingerprint density at radius 2 is 1.94 bits per heavy atom. The average Bonchev–Trinajstić information content (AvgIpc) is 3.40. The number of unbranched alkanes of at least 4 members (excludes halogenated alkanes) is 1. The number of rotatable bonds is 12. The van der Waals surface area contributed by atoms with Crippen molar-refractivity contribution >= 4 is 28.7 Å². The number of halogens is 1. The second kappa shape index (κ2) is 13.5. The molecule has 12 nitrogen and oxygen atoms in total. The van der Waals surface area contributed by atoms with Crippen molar-refractivity contribution in [3.63, 3.8) is 0 Å². The van der Waals surface area contributed by atoms with E-state index in [0.717, 1.165) is 16.5 Å². The van der Waals surface area contributed by atoms with Gasteiger partial charge in [-0.25, -0.2) is 14.2 Å². The van der Waals surface area contributed by atoms with Gasteiger partial charge in [-0.15, -0.1) is 0 Å². The molecule has 252 valence electrons. The second-order valence-electron chi connectivity index (χ2n) is 12.7. The van der Waals surface area contributed by atoms with Gasteiger partial charge in [0, 0.05) is 29.2 Å². The van der Waals surface area contributed by atoms with Crippen molar-refractivity contribution < 1.29 is 33.4 Å². The van der Waals surface area contributed by atoms with Gasteiger partial charge in [0.1, 0.15) is 25.2 Å². The van der Waals surface area contributed by atoms with E-state index in [9.17, 15) is 24.3 Å². The number of pyridine rings is 2. The lowest BCUT2D eigenvalue weighted by Gasteiger charge is -2.31. The van der Waals surface area contributed by atoms with Gasteiger partial charge in [0.2, 0.25) is 11.8 Å². The molecule has 0 fully saturated rings. The van der Waals surface area contributed by atoms with Gasteiger partial charge < -0.3 is 35.5 Å². The van der Waals surface area contributed by atoms with Gasteiger partial charge in [-0.05, 0) is 68.7 Å². The molecule has 3 aromatic rings. The van der Waals surface area contributed by atoms with Gasteiger partial charge in [-0.1, -0.05) is 20.8 Å². The highest BCUT2D eigenvalue weighted by Gasteiger charge is 2.45. The van der Waals surface area contributed by atoms with Crippen LogP contribution in [0, 0.1) is 18.7 Å². The number of benzene rings is 1. The zero-order valence-corrected chi connectivity index (χ0v) is 27.4. The van der Waals surface area contributed by atoms with Crippen LogP contribution in [-0.4, -0.2) is 57.9 Å². The number of amides is 2. The number of aryl methyl sites for hydroxylation is 1. The molecule has 13 heteroatoms. The van der Waals surface area contributed by atoms with Crippen LogP contribution in [0.3, 0.4) is 0 Å². The number of carbonyl (C=O) groups excluding carboxylic acids is 3. The number of cyclic esters (lactones) is 1. The van der Waals surface area contributed by atoms with Crippen LogP contribution in [0.25, 0.3) is 22.3 Å². The molecule has 0 spiro atoms. The molecule has 5 N–H and O–H groups in total. The predicted molar refractivity (Wildman–Crippen MR) is 172 cm³/mol. The summed E-state index contributed by atoms with van der Waals surface area (Å²) in [4.78, 5) is 55.1. The minimum Gasteiger partial charge on any atom is -0.458 e. The zero-order chi connectivity index (χ0) is 34.2. The van der Waals surface area contributed by atoms with E-state index in [-0.39, 0.29) is 54.8 Å². The molecule has 1 aromatic carbocycles. The smallest absolute Gasteiger partial charge is 0.343 e. The van der Waals surface area contributed by atoms with E-state index in [0.29, 0.717) is 48.3 Å². The number of ether oxygens (including phenoxy) is 2. The highest BCUT2D eigenvalue weighted by molar-refractivity contribution is 5.90. The molecule has 3 atom stereocenters. The van der Waals surface area contributed by atoms with Crippen molar-refractivity contribution in [3.8, 4) is 11.4 Å². The topological polar surface area (TPSA) is 175 Å². The first-order valence-electron chi connectivity index (χ1n) is 16.0. The fourth-order valence-corrected chi connectivity index (χ4v) is 6.11. The Kier molecular flexibility index (Phi) is 9.81. The van der Waals surface area contributed by atoms with E-state index < -0.39 is 35.4 Å². The van der Waals surface area contributed by atoms with Gasteiger partial charge in [-0.2, -0.15) is 0 Å². The van der Waals surface area contributed by atoms with Crippen molar-refractivity contribution in [3.05, 3.63) is 62.2 Å². The quantitative estimate of drug-likeness (QED) is 0.102. The highest BCUT2D eigenvalue weighted by Crippen LogP contribution is 2.39. The Labute approximate surface area is 271 Å². The number of nitrogens with one attached hydrogen (secondary N) is 2. The van der Waals surface area contributed by atoms with Crippen LogP contribution < -0.4 is 21.9 Å². The Hall–Kier alpha value is -4.20. The van der Waals surface area contributed by atoms with Gasteiger partial charge >= 0.3 is 5.97 Å². The van der Waals surface area contributed by atoms with E-state index in [1.54, 1.807) is 31.4 Å². The van der Waals surface area contributed by atoms with Crippen LogP contribution >= 0.6 is 0 Å². The van der Waals surface area contributed by atoms with Gasteiger partial charge in [0.25, 0.3) is 5.56 Å². The van der Waals surface area contributed by atoms with E-state index in [2.05, 4.69) is 10.6 Å². The van der Waals surface area contributed by atoms with Crippen LogP contribution in [0.2, 0.25) is 0 Å². The molecule has 2 aromatic heterocycles. The number of nitrogens with two attached hydrogens (primary N) is 1. The molecular formula is C34H42FN5O7. The Morgan fingerprint density at radius 1 is 1.19 bits per heavy atom. The summed E-state index contributed by atoms with van der Waals surface area (Å²) < 4.78 is 27.4. The summed E-state index contributed by atoms with van der Waals surface area (Å²) in [6.07, 6.45) is 1.93. The predicted octanol–water partition coefficient (Wildman–Crippen LogP) is 2.43. The summed E-state index contributed by atoms with van der Waals surface area (Å²) in [5.41, 5.74) is 7.56. The minimum absolute atomic E-state index is 0.0213. The van der Waals surface area contributed by atoms with Crippen LogP contribution in [0.5, 0.6) is 0 Å². The van der Waals surface area contributed by atoms with Crippen LogP contribution in [-0.2, 0) is 49.0 Å². The zero-order valence-electron chi connectivity index (χ0n) is 27.4. The number of fused-ring (bicyclic) bond motifs is 5. The lowest BCUT2D eigenvalue weighted by Crippen LogP contribution is -2.51. The monoisotopic (exact) mass is 651 g/mol. The van der Waals surface area contributed by atoms with E-state index in [4.69, 9.17) is 20.2 Å². The number of hydrogen-bond donors (Lipinski definition) is 4. The third kappa shape index (κ3) is 6.39. The first kappa shape index (κ1) is 34.1.